The van der Waals surface area contributed by atoms with Gasteiger partial charge in [0.05, 0.1) is 6.42 Å². The van der Waals surface area contributed by atoms with Gasteiger partial charge in [-0.1, -0.05) is 18.2 Å². The summed E-state index contributed by atoms with van der Waals surface area (Å²) in [6, 6.07) is 7.83. The normalized spacial score (nSPS) is 18.0. The number of amides is 2. The Morgan fingerprint density at radius 2 is 2.05 bits per heavy atom. The molecule has 7 nitrogen and oxygen atoms in total. The maximum Gasteiger partial charge on any atom is 0.305 e. The Bertz CT molecular complexity index is 531. The molecule has 2 rings (SSSR count). The second-order valence-electron chi connectivity index (χ2n) is 4.59. The lowest BCUT2D eigenvalue weighted by Crippen LogP contribution is -2.58. The van der Waals surface area contributed by atoms with E-state index in [1.54, 1.807) is 24.3 Å². The fourth-order valence-corrected chi connectivity index (χ4v) is 2.13. The molecule has 1 aromatic carbocycles. The van der Waals surface area contributed by atoms with Crippen LogP contribution in [0, 0.1) is 0 Å². The standard InChI is InChI=1S/C14H16N2O5/c17-12(9-21-10-4-2-1-3-5-10)16-7-6-15-14(20)11(16)8-13(18)19/h1-5,11H,6-9H2,(H,15,20)(H,18,19). The molecule has 2 N–H and O–H groups in total. The van der Waals surface area contributed by atoms with E-state index in [4.69, 9.17) is 9.84 Å². The van der Waals surface area contributed by atoms with Crippen molar-refractivity contribution in [3.8, 4) is 5.75 Å². The summed E-state index contributed by atoms with van der Waals surface area (Å²) in [5.41, 5.74) is 0. The lowest BCUT2D eigenvalue weighted by Gasteiger charge is -2.34. The van der Waals surface area contributed by atoms with E-state index in [0.717, 1.165) is 0 Å². The van der Waals surface area contributed by atoms with Gasteiger partial charge in [-0.3, -0.25) is 14.4 Å². The van der Waals surface area contributed by atoms with Gasteiger partial charge in [0, 0.05) is 13.1 Å². The molecule has 0 saturated carbocycles. The number of ether oxygens (including phenoxy) is 1. The van der Waals surface area contributed by atoms with Crippen molar-refractivity contribution in [2.75, 3.05) is 19.7 Å². The van der Waals surface area contributed by atoms with Crippen molar-refractivity contribution < 1.29 is 24.2 Å². The van der Waals surface area contributed by atoms with Crippen LogP contribution in [0.15, 0.2) is 30.3 Å². The van der Waals surface area contributed by atoms with Crippen LogP contribution in [-0.4, -0.2) is 53.5 Å². The highest BCUT2D eigenvalue weighted by atomic mass is 16.5. The molecule has 0 aliphatic carbocycles. The molecule has 1 aromatic rings. The Kier molecular flexibility index (Phi) is 4.76. The summed E-state index contributed by atoms with van der Waals surface area (Å²) in [6.07, 6.45) is -0.414. The lowest BCUT2D eigenvalue weighted by molar-refractivity contribution is -0.149. The van der Waals surface area contributed by atoms with E-state index in [0.29, 0.717) is 12.3 Å². The first-order valence-electron chi connectivity index (χ1n) is 6.55. The zero-order valence-corrected chi connectivity index (χ0v) is 11.3. The van der Waals surface area contributed by atoms with Crippen LogP contribution in [0.5, 0.6) is 5.75 Å². The summed E-state index contributed by atoms with van der Waals surface area (Å²) in [5, 5.41) is 11.4. The maximum atomic E-state index is 12.1. The van der Waals surface area contributed by atoms with Crippen LogP contribution in [0.4, 0.5) is 0 Å². The molecule has 0 radical (unpaired) electrons. The van der Waals surface area contributed by atoms with Gasteiger partial charge >= 0.3 is 5.97 Å². The number of hydrogen-bond donors (Lipinski definition) is 2. The Hall–Kier alpha value is -2.57. The van der Waals surface area contributed by atoms with E-state index < -0.39 is 30.2 Å². The predicted molar refractivity (Wildman–Crippen MR) is 72.7 cm³/mol. The van der Waals surface area contributed by atoms with Gasteiger partial charge in [-0.2, -0.15) is 0 Å². The summed E-state index contributed by atoms with van der Waals surface area (Å²) >= 11 is 0. The van der Waals surface area contributed by atoms with Gasteiger partial charge in [-0.25, -0.2) is 0 Å². The van der Waals surface area contributed by atoms with E-state index in [2.05, 4.69) is 5.32 Å². The van der Waals surface area contributed by atoms with Gasteiger partial charge in [0.2, 0.25) is 5.91 Å². The third-order valence-corrected chi connectivity index (χ3v) is 3.12. The molecule has 1 fully saturated rings. The third kappa shape index (κ3) is 3.95. The number of carbonyl (C=O) groups is 3. The van der Waals surface area contributed by atoms with Crippen molar-refractivity contribution in [2.24, 2.45) is 0 Å². The number of para-hydroxylation sites is 1. The molecule has 1 atom stereocenters. The van der Waals surface area contributed by atoms with Gasteiger partial charge < -0.3 is 20.1 Å². The molecule has 0 aromatic heterocycles. The van der Waals surface area contributed by atoms with Crippen LogP contribution in [0.1, 0.15) is 6.42 Å². The van der Waals surface area contributed by atoms with Crippen molar-refractivity contribution >= 4 is 17.8 Å². The largest absolute Gasteiger partial charge is 0.484 e. The SMILES string of the molecule is O=C(O)CC1C(=O)NCCN1C(=O)COc1ccccc1. The van der Waals surface area contributed by atoms with Crippen molar-refractivity contribution in [1.82, 2.24) is 10.2 Å². The van der Waals surface area contributed by atoms with Gasteiger partial charge in [0.15, 0.2) is 6.61 Å². The summed E-state index contributed by atoms with van der Waals surface area (Å²) < 4.78 is 5.34. The van der Waals surface area contributed by atoms with Crippen molar-refractivity contribution in [2.45, 2.75) is 12.5 Å². The molecule has 1 saturated heterocycles. The van der Waals surface area contributed by atoms with Crippen molar-refractivity contribution in [1.29, 1.82) is 0 Å². The van der Waals surface area contributed by atoms with Crippen LogP contribution in [0.3, 0.4) is 0 Å². The molecule has 2 amide bonds. The minimum absolute atomic E-state index is 0.229. The quantitative estimate of drug-likeness (QED) is 0.788. The van der Waals surface area contributed by atoms with E-state index in [1.807, 2.05) is 6.07 Å². The van der Waals surface area contributed by atoms with Crippen LogP contribution < -0.4 is 10.1 Å². The number of carboxylic acid groups (broad SMARTS) is 1. The van der Waals surface area contributed by atoms with E-state index >= 15 is 0 Å². The summed E-state index contributed by atoms with van der Waals surface area (Å²) in [7, 11) is 0. The first kappa shape index (κ1) is 14.8. The molecule has 1 unspecified atom stereocenters. The second-order valence-corrected chi connectivity index (χ2v) is 4.59. The molecule has 0 spiro atoms. The number of hydrogen-bond acceptors (Lipinski definition) is 4. The van der Waals surface area contributed by atoms with Crippen molar-refractivity contribution in [3.63, 3.8) is 0 Å². The van der Waals surface area contributed by atoms with E-state index in [9.17, 15) is 14.4 Å². The average molecular weight is 292 g/mol. The maximum absolute atomic E-state index is 12.1. The number of nitrogens with zero attached hydrogens (tertiary/aromatic N) is 1. The molecule has 0 bridgehead atoms. The van der Waals surface area contributed by atoms with Gasteiger partial charge in [0.1, 0.15) is 11.8 Å². The summed E-state index contributed by atoms with van der Waals surface area (Å²) in [6.45, 7) is 0.361. The number of aliphatic carboxylic acids is 1. The van der Waals surface area contributed by atoms with Crippen LogP contribution in [0.2, 0.25) is 0 Å². The zero-order valence-electron chi connectivity index (χ0n) is 11.3. The highest BCUT2D eigenvalue weighted by Gasteiger charge is 2.34. The van der Waals surface area contributed by atoms with Crippen LogP contribution >= 0.6 is 0 Å². The molecule has 1 heterocycles. The Balaban J connectivity index is 1.98. The molecule has 21 heavy (non-hydrogen) atoms. The Morgan fingerprint density at radius 3 is 2.71 bits per heavy atom. The van der Waals surface area contributed by atoms with E-state index in [-0.39, 0.29) is 13.2 Å². The topological polar surface area (TPSA) is 95.9 Å². The number of piperazine rings is 1. The second kappa shape index (κ2) is 6.74. The monoisotopic (exact) mass is 292 g/mol. The minimum atomic E-state index is -1.13. The average Bonchev–Trinajstić information content (AvgIpc) is 2.47. The first-order valence-corrected chi connectivity index (χ1v) is 6.55. The van der Waals surface area contributed by atoms with Crippen molar-refractivity contribution in [3.05, 3.63) is 30.3 Å². The molecular formula is C14H16N2O5. The van der Waals surface area contributed by atoms with Gasteiger partial charge in [-0.05, 0) is 12.1 Å². The highest BCUT2D eigenvalue weighted by molar-refractivity contribution is 5.92. The summed E-state index contributed by atoms with van der Waals surface area (Å²) in [4.78, 5) is 35.9. The molecule has 7 heteroatoms. The zero-order chi connectivity index (χ0) is 15.2. The summed E-state index contributed by atoms with van der Waals surface area (Å²) in [5.74, 6) is -1.43. The first-order chi connectivity index (χ1) is 10.1. The van der Waals surface area contributed by atoms with Gasteiger partial charge in [-0.15, -0.1) is 0 Å². The fourth-order valence-electron chi connectivity index (χ4n) is 2.13. The van der Waals surface area contributed by atoms with Crippen LogP contribution in [0.25, 0.3) is 0 Å². The fraction of sp³-hybridized carbons (Fsp3) is 0.357. The molecular weight excluding hydrogens is 276 g/mol. The Morgan fingerprint density at radius 1 is 1.33 bits per heavy atom. The molecule has 1 aliphatic heterocycles. The highest BCUT2D eigenvalue weighted by Crippen LogP contribution is 2.12. The predicted octanol–water partition coefficient (Wildman–Crippen LogP) is -0.133. The smallest absolute Gasteiger partial charge is 0.305 e. The number of benzene rings is 1. The number of carbonyl (C=O) groups excluding carboxylic acids is 2. The van der Waals surface area contributed by atoms with Crippen LogP contribution in [-0.2, 0) is 14.4 Å². The van der Waals surface area contributed by atoms with Gasteiger partial charge in [0.25, 0.3) is 5.91 Å². The molecule has 1 aliphatic rings. The number of rotatable bonds is 5. The Labute approximate surface area is 121 Å². The molecule has 112 valence electrons. The number of carboxylic acids is 1. The van der Waals surface area contributed by atoms with E-state index in [1.165, 1.54) is 4.90 Å². The number of nitrogens with one attached hydrogen (secondary N) is 1. The minimum Gasteiger partial charge on any atom is -0.484 e. The lowest BCUT2D eigenvalue weighted by atomic mass is 10.1. The third-order valence-electron chi connectivity index (χ3n) is 3.12.